The number of nitrogens with zero attached hydrogens (tertiary/aromatic N) is 2. The molecule has 2 amide bonds. The first kappa shape index (κ1) is 29.1. The molecule has 0 heterocycles. The Morgan fingerprint density at radius 1 is 0.975 bits per heavy atom. The van der Waals surface area contributed by atoms with Gasteiger partial charge in [0.25, 0.3) is 10.0 Å². The molecule has 1 N–H and O–H groups in total. The maximum atomic E-state index is 14.0. The van der Waals surface area contributed by atoms with E-state index in [4.69, 9.17) is 4.74 Å². The normalized spacial score (nSPS) is 14.4. The van der Waals surface area contributed by atoms with Crippen LogP contribution in [0.5, 0.6) is 5.75 Å². The van der Waals surface area contributed by atoms with E-state index in [-0.39, 0.29) is 29.1 Å². The molecule has 0 bridgehead atoms. The first-order valence-corrected chi connectivity index (χ1v) is 15.0. The van der Waals surface area contributed by atoms with Crippen molar-refractivity contribution >= 4 is 27.5 Å². The van der Waals surface area contributed by atoms with Crippen molar-refractivity contribution in [3.63, 3.8) is 0 Å². The number of amides is 2. The number of aryl methyl sites for hydroxylation is 1. The minimum atomic E-state index is -4.13. The molecule has 1 fully saturated rings. The molecule has 3 aromatic rings. The number of rotatable bonds is 11. The van der Waals surface area contributed by atoms with Crippen LogP contribution in [0, 0.1) is 6.92 Å². The summed E-state index contributed by atoms with van der Waals surface area (Å²) in [5, 5.41) is 3.08. The van der Waals surface area contributed by atoms with Gasteiger partial charge in [-0.05, 0) is 56.5 Å². The Bertz CT molecular complexity index is 1400. The van der Waals surface area contributed by atoms with Crippen molar-refractivity contribution in [1.29, 1.82) is 0 Å². The zero-order valence-electron chi connectivity index (χ0n) is 23.2. The third-order valence-electron chi connectivity index (χ3n) is 7.29. The minimum Gasteiger partial charge on any atom is -0.497 e. The van der Waals surface area contributed by atoms with Crippen LogP contribution in [0.4, 0.5) is 5.69 Å². The molecule has 4 rings (SSSR count). The molecule has 0 aromatic heterocycles. The van der Waals surface area contributed by atoms with Gasteiger partial charge >= 0.3 is 0 Å². The predicted molar refractivity (Wildman–Crippen MR) is 156 cm³/mol. The van der Waals surface area contributed by atoms with E-state index in [1.807, 2.05) is 37.3 Å². The molecule has 1 saturated carbocycles. The Balaban J connectivity index is 1.68. The van der Waals surface area contributed by atoms with Crippen molar-refractivity contribution in [1.82, 2.24) is 10.2 Å². The van der Waals surface area contributed by atoms with Crippen LogP contribution in [0.1, 0.15) is 43.7 Å². The number of hydrogen-bond donors (Lipinski definition) is 1. The van der Waals surface area contributed by atoms with E-state index >= 15 is 0 Å². The fourth-order valence-corrected chi connectivity index (χ4v) is 6.29. The fourth-order valence-electron chi connectivity index (χ4n) is 4.89. The number of ether oxygens (including phenoxy) is 1. The van der Waals surface area contributed by atoms with Gasteiger partial charge in [-0.3, -0.25) is 13.9 Å². The first-order valence-electron chi connectivity index (χ1n) is 13.6. The molecule has 1 aliphatic carbocycles. The number of hydrogen-bond acceptors (Lipinski definition) is 5. The maximum Gasteiger partial charge on any atom is 0.264 e. The number of methoxy groups -OCH3 is 1. The third kappa shape index (κ3) is 7.01. The molecule has 40 heavy (non-hydrogen) atoms. The lowest BCUT2D eigenvalue weighted by molar-refractivity contribution is -0.139. The number of nitrogens with one attached hydrogen (secondary N) is 1. The highest BCUT2D eigenvalue weighted by Crippen LogP contribution is 2.28. The van der Waals surface area contributed by atoms with Crippen molar-refractivity contribution < 1.29 is 22.7 Å². The van der Waals surface area contributed by atoms with Gasteiger partial charge in [0.1, 0.15) is 18.3 Å². The maximum absolute atomic E-state index is 14.0. The van der Waals surface area contributed by atoms with E-state index in [2.05, 4.69) is 5.32 Å². The number of benzene rings is 3. The summed E-state index contributed by atoms with van der Waals surface area (Å²) in [4.78, 5) is 28.8. The van der Waals surface area contributed by atoms with Gasteiger partial charge in [0.15, 0.2) is 0 Å². The van der Waals surface area contributed by atoms with E-state index in [1.165, 1.54) is 24.1 Å². The molecule has 0 aliphatic heterocycles. The van der Waals surface area contributed by atoms with Crippen molar-refractivity contribution in [3.8, 4) is 5.75 Å². The summed E-state index contributed by atoms with van der Waals surface area (Å²) in [5.74, 6) is -0.276. The standard InChI is InChI=1S/C31H37N3O5S/c1-23-16-18-29(19-17-23)40(37,38)34(27-14-9-15-28(20-27)39-3)22-30(35)33(21-25-10-5-4-6-11-25)24(2)31(36)32-26-12-7-8-13-26/h4-6,9-11,14-20,24,26H,7-8,12-13,21-22H2,1-3H3,(H,32,36). The zero-order valence-corrected chi connectivity index (χ0v) is 24.1. The molecule has 3 aromatic carbocycles. The second kappa shape index (κ2) is 13.0. The monoisotopic (exact) mass is 563 g/mol. The Hall–Kier alpha value is -3.85. The zero-order chi connectivity index (χ0) is 28.7. The van der Waals surface area contributed by atoms with Gasteiger partial charge in [-0.2, -0.15) is 0 Å². The molecular formula is C31H37N3O5S. The Morgan fingerprint density at radius 3 is 2.30 bits per heavy atom. The van der Waals surface area contributed by atoms with Crippen LogP contribution < -0.4 is 14.4 Å². The van der Waals surface area contributed by atoms with Gasteiger partial charge in [0, 0.05) is 18.7 Å². The fraction of sp³-hybridized carbons (Fsp3) is 0.355. The summed E-state index contributed by atoms with van der Waals surface area (Å²) >= 11 is 0. The highest BCUT2D eigenvalue weighted by atomic mass is 32.2. The molecule has 9 heteroatoms. The van der Waals surface area contributed by atoms with Crippen LogP contribution in [-0.4, -0.2) is 50.9 Å². The number of sulfonamides is 1. The van der Waals surface area contributed by atoms with E-state index < -0.39 is 28.5 Å². The second-order valence-electron chi connectivity index (χ2n) is 10.2. The number of carbonyl (C=O) groups is 2. The molecule has 212 valence electrons. The topological polar surface area (TPSA) is 96.0 Å². The third-order valence-corrected chi connectivity index (χ3v) is 9.08. The van der Waals surface area contributed by atoms with Crippen LogP contribution in [0.25, 0.3) is 0 Å². The molecule has 0 spiro atoms. The largest absolute Gasteiger partial charge is 0.497 e. The summed E-state index contributed by atoms with van der Waals surface area (Å²) in [6.07, 6.45) is 3.98. The number of anilines is 1. The lowest BCUT2D eigenvalue weighted by Gasteiger charge is -2.32. The Labute approximate surface area is 237 Å². The average Bonchev–Trinajstić information content (AvgIpc) is 3.48. The SMILES string of the molecule is COc1cccc(N(CC(=O)N(Cc2ccccc2)C(C)C(=O)NC2CCCC2)S(=O)(=O)c2ccc(C)cc2)c1. The molecule has 1 aliphatic rings. The van der Waals surface area contributed by atoms with Gasteiger partial charge in [-0.15, -0.1) is 0 Å². The summed E-state index contributed by atoms with van der Waals surface area (Å²) in [7, 11) is -2.64. The lowest BCUT2D eigenvalue weighted by atomic mass is 10.1. The van der Waals surface area contributed by atoms with E-state index in [0.717, 1.165) is 41.1 Å². The molecule has 0 saturated heterocycles. The van der Waals surface area contributed by atoms with E-state index in [1.54, 1.807) is 43.3 Å². The first-order chi connectivity index (χ1) is 19.2. The summed E-state index contributed by atoms with van der Waals surface area (Å²) in [6, 6.07) is 21.7. The smallest absolute Gasteiger partial charge is 0.264 e. The molecule has 8 nitrogen and oxygen atoms in total. The number of carbonyl (C=O) groups excluding carboxylic acids is 2. The van der Waals surface area contributed by atoms with Crippen molar-refractivity contribution in [2.24, 2.45) is 0 Å². The molecule has 1 atom stereocenters. The van der Waals surface area contributed by atoms with Gasteiger partial charge in [0.2, 0.25) is 11.8 Å². The van der Waals surface area contributed by atoms with E-state index in [9.17, 15) is 18.0 Å². The van der Waals surface area contributed by atoms with Crippen molar-refractivity contribution in [2.75, 3.05) is 18.0 Å². The van der Waals surface area contributed by atoms with Crippen molar-refractivity contribution in [2.45, 2.75) is 63.1 Å². The minimum absolute atomic E-state index is 0.0651. The van der Waals surface area contributed by atoms with Crippen molar-refractivity contribution in [3.05, 3.63) is 90.0 Å². The quantitative estimate of drug-likeness (QED) is 0.366. The highest BCUT2D eigenvalue weighted by Gasteiger charge is 2.33. The molecule has 0 radical (unpaired) electrons. The van der Waals surface area contributed by atoms with Crippen LogP contribution in [0.3, 0.4) is 0 Å². The van der Waals surface area contributed by atoms with Gasteiger partial charge in [0.05, 0.1) is 17.7 Å². The average molecular weight is 564 g/mol. The van der Waals surface area contributed by atoms with Crippen LogP contribution in [0.2, 0.25) is 0 Å². The Morgan fingerprint density at radius 2 is 1.65 bits per heavy atom. The van der Waals surface area contributed by atoms with Crippen LogP contribution >= 0.6 is 0 Å². The summed E-state index contributed by atoms with van der Waals surface area (Å²) < 4.78 is 34.3. The Kier molecular flexibility index (Phi) is 9.47. The predicted octanol–water partition coefficient (Wildman–Crippen LogP) is 4.68. The van der Waals surface area contributed by atoms with Gasteiger partial charge < -0.3 is 15.0 Å². The van der Waals surface area contributed by atoms with Gasteiger partial charge in [-0.25, -0.2) is 8.42 Å². The van der Waals surface area contributed by atoms with Crippen LogP contribution in [0.15, 0.2) is 83.8 Å². The molecule has 1 unspecified atom stereocenters. The molecular weight excluding hydrogens is 526 g/mol. The van der Waals surface area contributed by atoms with Crippen LogP contribution in [-0.2, 0) is 26.2 Å². The lowest BCUT2D eigenvalue weighted by Crippen LogP contribution is -2.52. The summed E-state index contributed by atoms with van der Waals surface area (Å²) in [5.41, 5.74) is 2.04. The second-order valence-corrected chi connectivity index (χ2v) is 12.1. The highest BCUT2D eigenvalue weighted by molar-refractivity contribution is 7.92. The summed E-state index contributed by atoms with van der Waals surface area (Å²) in [6.45, 7) is 3.24. The van der Waals surface area contributed by atoms with E-state index in [0.29, 0.717) is 5.75 Å². The van der Waals surface area contributed by atoms with Gasteiger partial charge in [-0.1, -0.05) is 66.9 Å².